The van der Waals surface area contributed by atoms with E-state index in [1.165, 1.54) is 13.0 Å². The molecule has 3 aromatic carbocycles. The number of amides is 1. The van der Waals surface area contributed by atoms with Crippen molar-refractivity contribution in [2.75, 3.05) is 26.2 Å². The lowest BCUT2D eigenvalue weighted by atomic mass is 9.92. The number of pyridine rings is 1. The van der Waals surface area contributed by atoms with Crippen LogP contribution in [0.3, 0.4) is 0 Å². The van der Waals surface area contributed by atoms with Crippen LogP contribution >= 0.6 is 11.6 Å². The van der Waals surface area contributed by atoms with Gasteiger partial charge in [-0.25, -0.2) is 13.2 Å². The number of ether oxygens (including phenoxy) is 2. The number of hydrogen-bond acceptors (Lipinski definition) is 6. The minimum Gasteiger partial charge on any atom is -0.466 e. The van der Waals surface area contributed by atoms with Crippen LogP contribution in [-0.4, -0.2) is 53.8 Å². The van der Waals surface area contributed by atoms with E-state index in [4.69, 9.17) is 21.1 Å². The topological polar surface area (TPSA) is 89.9 Å². The summed E-state index contributed by atoms with van der Waals surface area (Å²) >= 11 is 6.35. The predicted octanol–water partition coefficient (Wildman–Crippen LogP) is 7.78. The van der Waals surface area contributed by atoms with Gasteiger partial charge in [-0.15, -0.1) is 0 Å². The SMILES string of the molecule is CCOC(=O)C[C@@H]1NC(=O)[C@@H](n2cc(CCN3CC(F)C3)c(C(F)(F)F)cc2=O)c2cc(cc(Cl)c2F)Oc2cccc(C)c2-c2cc(C)c(F)c1c2. The van der Waals surface area contributed by atoms with Crippen LogP contribution in [0.15, 0.2) is 59.5 Å². The summed E-state index contributed by atoms with van der Waals surface area (Å²) in [4.78, 5) is 42.7. The summed E-state index contributed by atoms with van der Waals surface area (Å²) in [5.41, 5.74) is -1.96. The number of hydrogen-bond donors (Lipinski definition) is 1. The number of nitrogens with zero attached hydrogens (tertiary/aromatic N) is 2. The summed E-state index contributed by atoms with van der Waals surface area (Å²) < 4.78 is 101. The zero-order chi connectivity index (χ0) is 38.4. The molecular formula is C38H34ClF6N3O5. The largest absolute Gasteiger partial charge is 0.466 e. The summed E-state index contributed by atoms with van der Waals surface area (Å²) in [5.74, 6) is -3.84. The van der Waals surface area contributed by atoms with Crippen molar-refractivity contribution in [2.45, 2.75) is 58.0 Å². The molecule has 1 amide bonds. The van der Waals surface area contributed by atoms with E-state index in [9.17, 15) is 31.9 Å². The highest BCUT2D eigenvalue weighted by Gasteiger charge is 2.38. The first-order valence-corrected chi connectivity index (χ1v) is 17.1. The number of rotatable bonds is 7. The van der Waals surface area contributed by atoms with Crippen LogP contribution in [0.25, 0.3) is 11.1 Å². The van der Waals surface area contributed by atoms with Gasteiger partial charge in [0, 0.05) is 54.7 Å². The molecule has 0 unspecified atom stereocenters. The Kier molecular flexibility index (Phi) is 10.7. The lowest BCUT2D eigenvalue weighted by molar-refractivity contribution is -0.144. The van der Waals surface area contributed by atoms with Crippen LogP contribution in [0.1, 0.15) is 58.8 Å². The fraction of sp³-hybridized carbons (Fsp3) is 0.342. The van der Waals surface area contributed by atoms with Gasteiger partial charge in [-0.3, -0.25) is 23.9 Å². The average Bonchev–Trinajstić information content (AvgIpc) is 3.06. The van der Waals surface area contributed by atoms with Gasteiger partial charge in [-0.1, -0.05) is 23.7 Å². The van der Waals surface area contributed by atoms with Crippen molar-refractivity contribution < 1.29 is 45.4 Å². The molecular weight excluding hydrogens is 728 g/mol. The molecule has 53 heavy (non-hydrogen) atoms. The van der Waals surface area contributed by atoms with Crippen LogP contribution < -0.4 is 15.6 Å². The first-order chi connectivity index (χ1) is 25.0. The molecule has 3 heterocycles. The molecule has 2 aliphatic rings. The number of fused-ring (bicyclic) bond motifs is 6. The van der Waals surface area contributed by atoms with Crippen molar-refractivity contribution in [1.82, 2.24) is 14.8 Å². The lowest BCUT2D eigenvalue weighted by Gasteiger charge is -2.34. The molecule has 8 nitrogen and oxygen atoms in total. The quantitative estimate of drug-likeness (QED) is 0.153. The fourth-order valence-electron chi connectivity index (χ4n) is 6.78. The van der Waals surface area contributed by atoms with Gasteiger partial charge in [0.05, 0.1) is 29.7 Å². The molecule has 1 aromatic heterocycles. The highest BCUT2D eigenvalue weighted by atomic mass is 35.5. The van der Waals surface area contributed by atoms with Crippen LogP contribution in [0.4, 0.5) is 26.3 Å². The minimum absolute atomic E-state index is 0.00249. The van der Waals surface area contributed by atoms with Gasteiger partial charge in [0.2, 0.25) is 5.91 Å². The van der Waals surface area contributed by atoms with E-state index in [2.05, 4.69) is 5.32 Å². The zero-order valence-corrected chi connectivity index (χ0v) is 29.5. The second-order valence-corrected chi connectivity index (χ2v) is 13.5. The third-order valence-corrected chi connectivity index (χ3v) is 9.61. The van der Waals surface area contributed by atoms with Gasteiger partial charge < -0.3 is 14.8 Å². The number of aromatic nitrogens is 1. The molecule has 0 saturated carbocycles. The van der Waals surface area contributed by atoms with E-state index in [-0.39, 0.29) is 55.3 Å². The van der Waals surface area contributed by atoms with Crippen molar-refractivity contribution in [3.8, 4) is 22.6 Å². The van der Waals surface area contributed by atoms with Crippen molar-refractivity contribution >= 4 is 23.5 Å². The van der Waals surface area contributed by atoms with Gasteiger partial charge in [0.15, 0.2) is 0 Å². The zero-order valence-electron chi connectivity index (χ0n) is 28.8. The molecule has 1 fully saturated rings. The molecule has 0 spiro atoms. The Balaban J connectivity index is 1.60. The van der Waals surface area contributed by atoms with E-state index >= 15 is 8.78 Å². The summed E-state index contributed by atoms with van der Waals surface area (Å²) in [7, 11) is 0. The molecule has 280 valence electrons. The number of aryl methyl sites for hydroxylation is 2. The Morgan fingerprint density at radius 3 is 2.43 bits per heavy atom. The molecule has 0 aliphatic carbocycles. The van der Waals surface area contributed by atoms with Gasteiger partial charge >= 0.3 is 12.1 Å². The number of halogens is 7. The smallest absolute Gasteiger partial charge is 0.416 e. The molecule has 0 radical (unpaired) electrons. The third kappa shape index (κ3) is 7.79. The number of carbonyl (C=O) groups is 2. The van der Waals surface area contributed by atoms with E-state index < -0.39 is 81.6 Å². The Labute approximate surface area is 305 Å². The molecule has 4 bridgehead atoms. The average molecular weight is 762 g/mol. The number of nitrogens with one attached hydrogen (secondary N) is 1. The molecule has 1 N–H and O–H groups in total. The Hall–Kier alpha value is -4.82. The molecule has 1 saturated heterocycles. The second-order valence-electron chi connectivity index (χ2n) is 13.1. The van der Waals surface area contributed by atoms with Crippen LogP contribution in [0, 0.1) is 25.5 Å². The number of alkyl halides is 4. The van der Waals surface area contributed by atoms with Gasteiger partial charge in [0.25, 0.3) is 5.56 Å². The van der Waals surface area contributed by atoms with Crippen molar-refractivity contribution in [2.24, 2.45) is 0 Å². The maximum Gasteiger partial charge on any atom is 0.416 e. The molecule has 2 atom stereocenters. The summed E-state index contributed by atoms with van der Waals surface area (Å²) in [6, 6.07) is 7.07. The third-order valence-electron chi connectivity index (χ3n) is 9.33. The Morgan fingerprint density at radius 2 is 1.75 bits per heavy atom. The summed E-state index contributed by atoms with van der Waals surface area (Å²) in [6.07, 6.45) is -6.21. The maximum absolute atomic E-state index is 16.2. The Bertz CT molecular complexity index is 2150. The first-order valence-electron chi connectivity index (χ1n) is 16.8. The minimum atomic E-state index is -4.99. The highest BCUT2D eigenvalue weighted by molar-refractivity contribution is 6.31. The Morgan fingerprint density at radius 1 is 1.02 bits per heavy atom. The normalized spacial score (nSPS) is 17.7. The monoisotopic (exact) mass is 761 g/mol. The van der Waals surface area contributed by atoms with E-state index in [1.54, 1.807) is 43.0 Å². The van der Waals surface area contributed by atoms with Gasteiger partial charge in [0.1, 0.15) is 35.3 Å². The first kappa shape index (κ1) is 37.9. The van der Waals surface area contributed by atoms with E-state index in [1.807, 2.05) is 0 Å². The number of benzene rings is 3. The summed E-state index contributed by atoms with van der Waals surface area (Å²) in [6.45, 7) is 4.81. The van der Waals surface area contributed by atoms with Crippen LogP contribution in [0.5, 0.6) is 11.5 Å². The fourth-order valence-corrected chi connectivity index (χ4v) is 6.99. The van der Waals surface area contributed by atoms with E-state index in [0.29, 0.717) is 27.3 Å². The molecule has 6 rings (SSSR count). The summed E-state index contributed by atoms with van der Waals surface area (Å²) in [5, 5.41) is 2.03. The predicted molar refractivity (Wildman–Crippen MR) is 184 cm³/mol. The van der Waals surface area contributed by atoms with Crippen molar-refractivity contribution in [3.05, 3.63) is 115 Å². The standard InChI is InChI=1S/C38H34ClF6N3O5/c1-4-52-32(50)15-29-25-11-22(10-20(3)34(25)41)33-19(2)6-5-7-30(33)53-24-12-26(35(42)28(39)13-24)36(37(51)46-29)48-16-21(8-9-47-17-23(40)18-47)27(14-31(48)49)38(43,44)45/h5-7,10-14,16,23,29,36H,4,8-9,15,17-18H2,1-3H3,(H,46,51)/t29-,36-/m0/s1. The molecule has 15 heteroatoms. The van der Waals surface area contributed by atoms with Crippen LogP contribution in [-0.2, 0) is 26.9 Å². The van der Waals surface area contributed by atoms with Gasteiger partial charge in [-0.2, -0.15) is 13.2 Å². The maximum atomic E-state index is 16.2. The number of likely N-dealkylation sites (tertiary alicyclic amines) is 1. The molecule has 4 aromatic rings. The van der Waals surface area contributed by atoms with Crippen LogP contribution in [0.2, 0.25) is 5.02 Å². The van der Waals surface area contributed by atoms with Gasteiger partial charge in [-0.05, 0) is 73.7 Å². The lowest BCUT2D eigenvalue weighted by Crippen LogP contribution is -2.49. The molecule has 2 aliphatic heterocycles. The second kappa shape index (κ2) is 14.9. The number of esters is 1. The van der Waals surface area contributed by atoms with E-state index in [0.717, 1.165) is 18.3 Å². The van der Waals surface area contributed by atoms with Crippen molar-refractivity contribution in [1.29, 1.82) is 0 Å². The van der Waals surface area contributed by atoms with Crippen molar-refractivity contribution in [3.63, 3.8) is 0 Å². The number of carbonyl (C=O) groups excluding carboxylic acids is 2. The highest BCUT2D eigenvalue weighted by Crippen LogP contribution is 2.42.